The second kappa shape index (κ2) is 6.77. The fourth-order valence-electron chi connectivity index (χ4n) is 3.68. The van der Waals surface area contributed by atoms with Crippen molar-refractivity contribution >= 4 is 11.8 Å². The molecule has 3 N–H and O–H groups in total. The van der Waals surface area contributed by atoms with Crippen molar-refractivity contribution in [1.82, 2.24) is 16.0 Å². The van der Waals surface area contributed by atoms with E-state index in [1.807, 2.05) is 0 Å². The summed E-state index contributed by atoms with van der Waals surface area (Å²) in [7, 11) is 0. The van der Waals surface area contributed by atoms with Crippen LogP contribution in [0.5, 0.6) is 0 Å². The van der Waals surface area contributed by atoms with Crippen molar-refractivity contribution in [2.24, 2.45) is 5.92 Å². The molecular formula is C16H27N3O2. The first kappa shape index (κ1) is 14.8. The van der Waals surface area contributed by atoms with Gasteiger partial charge in [-0.3, -0.25) is 9.59 Å². The Balaban J connectivity index is 1.25. The van der Waals surface area contributed by atoms with Gasteiger partial charge in [0.25, 0.3) is 0 Å². The molecule has 5 heteroatoms. The van der Waals surface area contributed by atoms with Crippen LogP contribution in [0.15, 0.2) is 0 Å². The van der Waals surface area contributed by atoms with E-state index in [4.69, 9.17) is 0 Å². The highest BCUT2D eigenvalue weighted by Crippen LogP contribution is 2.32. The van der Waals surface area contributed by atoms with Crippen molar-refractivity contribution in [3.05, 3.63) is 0 Å². The molecule has 3 fully saturated rings. The topological polar surface area (TPSA) is 70.2 Å². The number of piperidine rings is 1. The molecular weight excluding hydrogens is 266 g/mol. The maximum atomic E-state index is 11.9. The standard InChI is InChI=1S/C16H27N3O2/c20-15(19-12-3-4-12)2-1-7-17-16(21)10-11-8-13-5-6-14(9-11)18-13/h11-14,18H,1-10H2,(H,17,21)(H,19,20). The van der Waals surface area contributed by atoms with Crippen molar-refractivity contribution < 1.29 is 9.59 Å². The molecule has 2 aliphatic heterocycles. The lowest BCUT2D eigenvalue weighted by Gasteiger charge is -2.28. The number of fused-ring (bicyclic) bond motifs is 2. The summed E-state index contributed by atoms with van der Waals surface area (Å²) in [6, 6.07) is 1.72. The number of nitrogens with one attached hydrogen (secondary N) is 3. The highest BCUT2D eigenvalue weighted by Gasteiger charge is 2.34. The summed E-state index contributed by atoms with van der Waals surface area (Å²) in [6.45, 7) is 0.620. The summed E-state index contributed by atoms with van der Waals surface area (Å²) in [6.07, 6.45) is 9.01. The molecule has 2 heterocycles. The fraction of sp³-hybridized carbons (Fsp3) is 0.875. The summed E-state index contributed by atoms with van der Waals surface area (Å²) in [5.74, 6) is 0.826. The molecule has 2 unspecified atom stereocenters. The third-order valence-corrected chi connectivity index (χ3v) is 4.89. The van der Waals surface area contributed by atoms with Crippen molar-refractivity contribution in [2.75, 3.05) is 6.54 Å². The van der Waals surface area contributed by atoms with E-state index < -0.39 is 0 Å². The number of amides is 2. The van der Waals surface area contributed by atoms with Crippen molar-refractivity contribution in [2.45, 2.75) is 75.9 Å². The van der Waals surface area contributed by atoms with Gasteiger partial charge in [-0.1, -0.05) is 0 Å². The van der Waals surface area contributed by atoms with Crippen LogP contribution >= 0.6 is 0 Å². The third kappa shape index (κ3) is 4.70. The molecule has 0 radical (unpaired) electrons. The van der Waals surface area contributed by atoms with Gasteiger partial charge in [0, 0.05) is 37.5 Å². The summed E-state index contributed by atoms with van der Waals surface area (Å²) in [5, 5.41) is 9.53. The minimum Gasteiger partial charge on any atom is -0.356 e. The molecule has 3 aliphatic rings. The predicted octanol–water partition coefficient (Wildman–Crippen LogP) is 1.08. The van der Waals surface area contributed by atoms with Gasteiger partial charge >= 0.3 is 0 Å². The van der Waals surface area contributed by atoms with E-state index in [1.54, 1.807) is 0 Å². The first-order valence-electron chi connectivity index (χ1n) is 8.51. The van der Waals surface area contributed by atoms with Gasteiger partial charge in [-0.05, 0) is 50.9 Å². The molecule has 3 rings (SSSR count). The normalized spacial score (nSPS) is 31.0. The average Bonchev–Trinajstić information content (AvgIpc) is 3.19. The van der Waals surface area contributed by atoms with Crippen LogP contribution in [0.2, 0.25) is 0 Å². The van der Waals surface area contributed by atoms with E-state index in [1.165, 1.54) is 12.8 Å². The fourth-order valence-corrected chi connectivity index (χ4v) is 3.68. The lowest BCUT2D eigenvalue weighted by atomic mass is 9.89. The third-order valence-electron chi connectivity index (χ3n) is 4.89. The van der Waals surface area contributed by atoms with E-state index in [2.05, 4.69) is 16.0 Å². The Morgan fingerprint density at radius 3 is 2.38 bits per heavy atom. The molecule has 5 nitrogen and oxygen atoms in total. The Morgan fingerprint density at radius 2 is 1.71 bits per heavy atom. The van der Waals surface area contributed by atoms with Gasteiger partial charge in [-0.2, -0.15) is 0 Å². The molecule has 0 spiro atoms. The van der Waals surface area contributed by atoms with Crippen LogP contribution in [0, 0.1) is 5.92 Å². The predicted molar refractivity (Wildman–Crippen MR) is 80.7 cm³/mol. The minimum atomic E-state index is 0.127. The van der Waals surface area contributed by atoms with Crippen molar-refractivity contribution in [1.29, 1.82) is 0 Å². The number of rotatable bonds is 7. The quantitative estimate of drug-likeness (QED) is 0.615. The van der Waals surface area contributed by atoms with Gasteiger partial charge in [0.15, 0.2) is 0 Å². The lowest BCUT2D eigenvalue weighted by Crippen LogP contribution is -2.39. The monoisotopic (exact) mass is 293 g/mol. The van der Waals surface area contributed by atoms with E-state index in [0.29, 0.717) is 43.4 Å². The maximum Gasteiger partial charge on any atom is 0.220 e. The highest BCUT2D eigenvalue weighted by atomic mass is 16.2. The van der Waals surface area contributed by atoms with E-state index in [0.717, 1.165) is 32.1 Å². The largest absolute Gasteiger partial charge is 0.356 e. The zero-order chi connectivity index (χ0) is 14.7. The lowest BCUT2D eigenvalue weighted by molar-refractivity contribution is -0.123. The SMILES string of the molecule is O=C(CC1CC2CCC(C1)N2)NCCCC(=O)NC1CC1. The number of hydrogen-bond acceptors (Lipinski definition) is 3. The summed E-state index contributed by atoms with van der Waals surface area (Å²) in [4.78, 5) is 23.4. The van der Waals surface area contributed by atoms with E-state index in [9.17, 15) is 9.59 Å². The minimum absolute atomic E-state index is 0.127. The summed E-state index contributed by atoms with van der Waals surface area (Å²) >= 11 is 0. The number of hydrogen-bond donors (Lipinski definition) is 3. The molecule has 0 aromatic carbocycles. The summed E-state index contributed by atoms with van der Waals surface area (Å²) < 4.78 is 0. The van der Waals surface area contributed by atoms with Crippen molar-refractivity contribution in [3.8, 4) is 0 Å². The van der Waals surface area contributed by atoms with Crippen LogP contribution in [0.4, 0.5) is 0 Å². The van der Waals surface area contributed by atoms with Gasteiger partial charge in [0.2, 0.25) is 11.8 Å². The highest BCUT2D eigenvalue weighted by molar-refractivity contribution is 5.77. The molecule has 1 aliphatic carbocycles. The number of carbonyl (C=O) groups is 2. The molecule has 2 bridgehead atoms. The average molecular weight is 293 g/mol. The molecule has 1 saturated carbocycles. The van der Waals surface area contributed by atoms with Gasteiger partial charge in [-0.15, -0.1) is 0 Å². The Hall–Kier alpha value is -1.10. The Kier molecular flexibility index (Phi) is 4.78. The molecule has 2 amide bonds. The van der Waals surface area contributed by atoms with Gasteiger partial charge in [0.1, 0.15) is 0 Å². The Labute approximate surface area is 126 Å². The molecule has 0 aromatic heterocycles. The van der Waals surface area contributed by atoms with Crippen molar-refractivity contribution in [3.63, 3.8) is 0 Å². The smallest absolute Gasteiger partial charge is 0.220 e. The first-order valence-corrected chi connectivity index (χ1v) is 8.51. The Morgan fingerprint density at radius 1 is 1.00 bits per heavy atom. The van der Waals surface area contributed by atoms with Crippen LogP contribution in [0.3, 0.4) is 0 Å². The number of carbonyl (C=O) groups excluding carboxylic acids is 2. The van der Waals surface area contributed by atoms with E-state index >= 15 is 0 Å². The van der Waals surface area contributed by atoms with Crippen LogP contribution < -0.4 is 16.0 Å². The van der Waals surface area contributed by atoms with Crippen LogP contribution in [0.25, 0.3) is 0 Å². The van der Waals surface area contributed by atoms with Gasteiger partial charge < -0.3 is 16.0 Å². The van der Waals surface area contributed by atoms with Crippen LogP contribution in [0.1, 0.15) is 57.8 Å². The van der Waals surface area contributed by atoms with Gasteiger partial charge in [-0.25, -0.2) is 0 Å². The second-order valence-corrected chi connectivity index (χ2v) is 6.97. The summed E-state index contributed by atoms with van der Waals surface area (Å²) in [5.41, 5.74) is 0. The molecule has 2 atom stereocenters. The molecule has 2 saturated heterocycles. The zero-order valence-electron chi connectivity index (χ0n) is 12.7. The van der Waals surface area contributed by atoms with E-state index in [-0.39, 0.29) is 11.8 Å². The van der Waals surface area contributed by atoms with Gasteiger partial charge in [0.05, 0.1) is 0 Å². The molecule has 21 heavy (non-hydrogen) atoms. The Bertz CT molecular complexity index is 383. The zero-order valence-corrected chi connectivity index (χ0v) is 12.7. The molecule has 118 valence electrons. The second-order valence-electron chi connectivity index (χ2n) is 6.97. The van der Waals surface area contributed by atoms with Crippen LogP contribution in [-0.2, 0) is 9.59 Å². The maximum absolute atomic E-state index is 11.9. The molecule has 0 aromatic rings. The van der Waals surface area contributed by atoms with Crippen LogP contribution in [-0.4, -0.2) is 36.5 Å². The first-order chi connectivity index (χ1) is 10.2.